The van der Waals surface area contributed by atoms with Crippen molar-refractivity contribution in [1.29, 1.82) is 0 Å². The molecule has 1 aliphatic rings. The lowest BCUT2D eigenvalue weighted by molar-refractivity contribution is -0.0227. The zero-order valence-corrected chi connectivity index (χ0v) is 13.2. The van der Waals surface area contributed by atoms with Crippen molar-refractivity contribution < 1.29 is 9.53 Å². The second-order valence-corrected chi connectivity index (χ2v) is 5.91. The molecule has 1 unspecified atom stereocenters. The van der Waals surface area contributed by atoms with E-state index in [1.807, 2.05) is 60.4 Å². The van der Waals surface area contributed by atoms with Gasteiger partial charge in [0.2, 0.25) is 0 Å². The number of carbonyl (C=O) groups is 1. The van der Waals surface area contributed by atoms with E-state index in [1.54, 1.807) is 0 Å². The highest BCUT2D eigenvalue weighted by molar-refractivity contribution is 6.31. The summed E-state index contributed by atoms with van der Waals surface area (Å²) in [5.74, 6) is 0.0420. The van der Waals surface area contributed by atoms with Gasteiger partial charge in [-0.05, 0) is 25.1 Å². The summed E-state index contributed by atoms with van der Waals surface area (Å²) < 4.78 is 5.80. The summed E-state index contributed by atoms with van der Waals surface area (Å²) in [5.41, 5.74) is 2.79. The Morgan fingerprint density at radius 1 is 1.18 bits per heavy atom. The largest absolute Gasteiger partial charge is 0.370 e. The molecule has 1 amide bonds. The maximum Gasteiger partial charge on any atom is 0.254 e. The van der Waals surface area contributed by atoms with E-state index in [0.717, 1.165) is 11.1 Å². The summed E-state index contributed by atoms with van der Waals surface area (Å²) >= 11 is 6.24. The number of halogens is 1. The lowest BCUT2D eigenvalue weighted by Gasteiger charge is -2.33. The summed E-state index contributed by atoms with van der Waals surface area (Å²) in [6.07, 6.45) is -0.170. The maximum atomic E-state index is 12.6. The molecule has 1 aliphatic heterocycles. The third-order valence-corrected chi connectivity index (χ3v) is 4.25. The molecule has 1 heterocycles. The van der Waals surface area contributed by atoms with Crippen LogP contribution in [0.15, 0.2) is 48.5 Å². The fraction of sp³-hybridized carbons (Fsp3) is 0.278. The molecular formula is C18H18ClNO2. The van der Waals surface area contributed by atoms with Crippen molar-refractivity contribution >= 4 is 17.5 Å². The number of carbonyl (C=O) groups excluding carboxylic acids is 1. The van der Waals surface area contributed by atoms with Crippen molar-refractivity contribution in [3.63, 3.8) is 0 Å². The first-order valence-electron chi connectivity index (χ1n) is 7.37. The third kappa shape index (κ3) is 3.16. The van der Waals surface area contributed by atoms with Crippen molar-refractivity contribution in [2.75, 3.05) is 19.7 Å². The van der Waals surface area contributed by atoms with Crippen molar-refractivity contribution in [3.05, 3.63) is 70.2 Å². The normalized spacial score (nSPS) is 18.3. The Labute approximate surface area is 135 Å². The number of rotatable bonds is 2. The molecule has 0 spiro atoms. The molecule has 1 saturated heterocycles. The number of ether oxygens (including phenoxy) is 1. The third-order valence-electron chi connectivity index (χ3n) is 3.90. The van der Waals surface area contributed by atoms with Crippen LogP contribution < -0.4 is 0 Å². The molecule has 1 atom stereocenters. The van der Waals surface area contributed by atoms with Crippen LogP contribution in [0.25, 0.3) is 0 Å². The Bertz CT molecular complexity index is 669. The quantitative estimate of drug-likeness (QED) is 0.842. The molecule has 3 nitrogen and oxygen atoms in total. The molecule has 0 saturated carbocycles. The van der Waals surface area contributed by atoms with E-state index in [-0.39, 0.29) is 12.0 Å². The Balaban J connectivity index is 1.77. The molecular weight excluding hydrogens is 298 g/mol. The molecule has 3 rings (SSSR count). The van der Waals surface area contributed by atoms with Gasteiger partial charge in [0.1, 0.15) is 6.10 Å². The Hall–Kier alpha value is -1.84. The van der Waals surface area contributed by atoms with Gasteiger partial charge in [-0.3, -0.25) is 4.79 Å². The maximum absolute atomic E-state index is 12.6. The molecule has 1 fully saturated rings. The molecule has 0 aromatic heterocycles. The van der Waals surface area contributed by atoms with Crippen LogP contribution in [0.3, 0.4) is 0 Å². The Kier molecular flexibility index (Phi) is 4.46. The van der Waals surface area contributed by atoms with Crippen molar-refractivity contribution in [1.82, 2.24) is 4.90 Å². The van der Waals surface area contributed by atoms with Crippen LogP contribution in [0.1, 0.15) is 27.6 Å². The van der Waals surface area contributed by atoms with Gasteiger partial charge in [-0.15, -0.1) is 0 Å². The number of aryl methyl sites for hydroxylation is 1. The zero-order valence-electron chi connectivity index (χ0n) is 12.5. The van der Waals surface area contributed by atoms with Crippen LogP contribution >= 0.6 is 11.6 Å². The fourth-order valence-corrected chi connectivity index (χ4v) is 2.89. The number of nitrogens with zero attached hydrogens (tertiary/aromatic N) is 1. The van der Waals surface area contributed by atoms with Gasteiger partial charge in [0, 0.05) is 22.7 Å². The van der Waals surface area contributed by atoms with Gasteiger partial charge in [-0.2, -0.15) is 0 Å². The molecule has 22 heavy (non-hydrogen) atoms. The highest BCUT2D eigenvalue weighted by atomic mass is 35.5. The first-order valence-corrected chi connectivity index (χ1v) is 7.75. The van der Waals surface area contributed by atoms with Gasteiger partial charge < -0.3 is 9.64 Å². The van der Waals surface area contributed by atoms with E-state index < -0.39 is 0 Å². The zero-order chi connectivity index (χ0) is 15.5. The van der Waals surface area contributed by atoms with E-state index in [2.05, 4.69) is 0 Å². The molecule has 2 aromatic rings. The lowest BCUT2D eigenvalue weighted by Crippen LogP contribution is -2.42. The predicted octanol–water partition coefficient (Wildman–Crippen LogP) is 3.86. The van der Waals surface area contributed by atoms with Crippen LogP contribution in [-0.4, -0.2) is 30.5 Å². The van der Waals surface area contributed by atoms with E-state index in [4.69, 9.17) is 16.3 Å². The number of benzene rings is 2. The average molecular weight is 316 g/mol. The van der Waals surface area contributed by atoms with Gasteiger partial charge in [0.25, 0.3) is 5.91 Å². The second-order valence-electron chi connectivity index (χ2n) is 5.50. The predicted molar refractivity (Wildman–Crippen MR) is 87.2 cm³/mol. The van der Waals surface area contributed by atoms with E-state index in [1.165, 1.54) is 0 Å². The van der Waals surface area contributed by atoms with E-state index in [9.17, 15) is 4.79 Å². The van der Waals surface area contributed by atoms with Gasteiger partial charge in [-0.25, -0.2) is 0 Å². The molecule has 4 heteroatoms. The van der Waals surface area contributed by atoms with Gasteiger partial charge in [-0.1, -0.05) is 47.5 Å². The number of hydrogen-bond donors (Lipinski definition) is 0. The molecule has 114 valence electrons. The number of amides is 1. The lowest BCUT2D eigenvalue weighted by atomic mass is 10.1. The number of morpholine rings is 1. The standard InChI is InChI=1S/C18H18ClNO2/c1-13-6-8-14(9-7-13)18(21)20-10-11-22-17(12-20)15-4-2-3-5-16(15)19/h2-9,17H,10-12H2,1H3. The second kappa shape index (κ2) is 6.51. The van der Waals surface area contributed by atoms with Crippen LogP contribution in [0.5, 0.6) is 0 Å². The SMILES string of the molecule is Cc1ccc(C(=O)N2CCOC(c3ccccc3Cl)C2)cc1. The topological polar surface area (TPSA) is 29.5 Å². The molecule has 0 bridgehead atoms. The van der Waals surface area contributed by atoms with Gasteiger partial charge in [0.15, 0.2) is 0 Å². The van der Waals surface area contributed by atoms with E-state index in [0.29, 0.717) is 30.3 Å². The minimum absolute atomic E-state index is 0.0420. The minimum Gasteiger partial charge on any atom is -0.370 e. The summed E-state index contributed by atoms with van der Waals surface area (Å²) in [6, 6.07) is 15.3. The van der Waals surface area contributed by atoms with Crippen molar-refractivity contribution in [3.8, 4) is 0 Å². The molecule has 0 N–H and O–H groups in total. The smallest absolute Gasteiger partial charge is 0.254 e. The first-order chi connectivity index (χ1) is 10.6. The summed E-state index contributed by atoms with van der Waals surface area (Å²) in [6.45, 7) is 3.66. The fourth-order valence-electron chi connectivity index (χ4n) is 2.64. The highest BCUT2D eigenvalue weighted by Crippen LogP contribution is 2.28. The summed E-state index contributed by atoms with van der Waals surface area (Å²) in [5, 5.41) is 0.678. The Morgan fingerprint density at radius 2 is 1.91 bits per heavy atom. The first kappa shape index (κ1) is 15.1. The van der Waals surface area contributed by atoms with Crippen LogP contribution in [0.4, 0.5) is 0 Å². The van der Waals surface area contributed by atoms with Crippen LogP contribution in [-0.2, 0) is 4.74 Å². The van der Waals surface area contributed by atoms with E-state index >= 15 is 0 Å². The molecule has 0 aliphatic carbocycles. The minimum atomic E-state index is -0.170. The van der Waals surface area contributed by atoms with Crippen LogP contribution in [0, 0.1) is 6.92 Å². The monoisotopic (exact) mass is 315 g/mol. The Morgan fingerprint density at radius 3 is 2.64 bits per heavy atom. The molecule has 0 radical (unpaired) electrons. The van der Waals surface area contributed by atoms with Gasteiger partial charge >= 0.3 is 0 Å². The summed E-state index contributed by atoms with van der Waals surface area (Å²) in [4.78, 5) is 14.4. The van der Waals surface area contributed by atoms with Gasteiger partial charge in [0.05, 0.1) is 13.2 Å². The average Bonchev–Trinajstić information content (AvgIpc) is 2.55. The van der Waals surface area contributed by atoms with Crippen molar-refractivity contribution in [2.24, 2.45) is 0 Å². The number of hydrogen-bond acceptors (Lipinski definition) is 2. The summed E-state index contributed by atoms with van der Waals surface area (Å²) in [7, 11) is 0. The molecule has 2 aromatic carbocycles. The van der Waals surface area contributed by atoms with Crippen molar-refractivity contribution in [2.45, 2.75) is 13.0 Å². The van der Waals surface area contributed by atoms with Crippen LogP contribution in [0.2, 0.25) is 5.02 Å². The highest BCUT2D eigenvalue weighted by Gasteiger charge is 2.27.